The largest absolute Gasteiger partial charge is 0.451 e. The van der Waals surface area contributed by atoms with Gasteiger partial charge in [0, 0.05) is 0 Å². The van der Waals surface area contributed by atoms with E-state index in [1.54, 1.807) is 0 Å². The van der Waals surface area contributed by atoms with Gasteiger partial charge in [0.15, 0.2) is 0 Å². The van der Waals surface area contributed by atoms with E-state index in [9.17, 15) is 4.79 Å². The van der Waals surface area contributed by atoms with Crippen molar-refractivity contribution in [2.45, 2.75) is 31.3 Å². The van der Waals surface area contributed by atoms with Gasteiger partial charge in [-0.2, -0.15) is 0 Å². The van der Waals surface area contributed by atoms with Crippen molar-refractivity contribution in [3.8, 4) is 0 Å². The topological polar surface area (TPSA) is 26.3 Å². The van der Waals surface area contributed by atoms with Crippen LogP contribution in [0.2, 0.25) is 0 Å². The van der Waals surface area contributed by atoms with Crippen LogP contribution in [0, 0.1) is 0 Å². The number of ether oxygens (including phenoxy) is 1. The summed E-state index contributed by atoms with van der Waals surface area (Å²) in [6.07, 6.45) is 4.13. The average Bonchev–Trinajstić information content (AvgIpc) is 2.73. The Morgan fingerprint density at radius 2 is 2.00 bits per heavy atom. The summed E-state index contributed by atoms with van der Waals surface area (Å²) >= 11 is 0. The molecule has 1 saturated carbocycles. The Hall–Kier alpha value is -1.57. The van der Waals surface area contributed by atoms with Crippen molar-refractivity contribution in [3.05, 3.63) is 41.0 Å². The molecular formula is C14H12O2. The second kappa shape index (κ2) is 2.57. The number of fused-ring (bicyclic) bond motifs is 3. The molecule has 4 rings (SSSR count). The van der Waals surface area contributed by atoms with Crippen molar-refractivity contribution < 1.29 is 9.53 Å². The van der Waals surface area contributed by atoms with E-state index in [1.807, 2.05) is 18.2 Å². The molecule has 0 radical (unpaired) electrons. The van der Waals surface area contributed by atoms with Crippen LogP contribution in [0.1, 0.15) is 30.4 Å². The Bertz CT molecular complexity index is 535. The first-order chi connectivity index (χ1) is 7.80. The molecule has 2 aliphatic carbocycles. The summed E-state index contributed by atoms with van der Waals surface area (Å²) in [4.78, 5) is 11.9. The van der Waals surface area contributed by atoms with Crippen LogP contribution in [-0.2, 0) is 16.0 Å². The van der Waals surface area contributed by atoms with Crippen LogP contribution >= 0.6 is 0 Å². The Balaban J connectivity index is 1.92. The molecule has 2 nitrogen and oxygen atoms in total. The highest BCUT2D eigenvalue weighted by atomic mass is 16.6. The fraction of sp³-hybridized carbons (Fsp3) is 0.357. The van der Waals surface area contributed by atoms with Gasteiger partial charge in [0.1, 0.15) is 5.60 Å². The molecule has 1 aromatic rings. The standard InChI is InChI=1S/C14H12O2/c15-13-12-10-5-2-1-4-9(10)8-11(12)14(16-13)6-3-7-14/h1-2,4-5H,3,6-8H2. The third-order valence-corrected chi connectivity index (χ3v) is 4.16. The molecule has 0 unspecified atom stereocenters. The minimum Gasteiger partial charge on any atom is -0.451 e. The maximum Gasteiger partial charge on any atom is 0.339 e. The van der Waals surface area contributed by atoms with E-state index in [1.165, 1.54) is 17.6 Å². The molecule has 1 aliphatic heterocycles. The van der Waals surface area contributed by atoms with Gasteiger partial charge in [0.25, 0.3) is 0 Å². The average molecular weight is 212 g/mol. The lowest BCUT2D eigenvalue weighted by molar-refractivity contribution is -0.151. The number of hydrogen-bond acceptors (Lipinski definition) is 2. The SMILES string of the molecule is O=C1OC2(CCC2)C2=C1c1ccccc1C2. The zero-order chi connectivity index (χ0) is 10.8. The molecule has 1 heterocycles. The zero-order valence-electron chi connectivity index (χ0n) is 8.95. The lowest BCUT2D eigenvalue weighted by Gasteiger charge is -2.38. The summed E-state index contributed by atoms with van der Waals surface area (Å²) in [5.74, 6) is -0.0975. The first kappa shape index (κ1) is 8.57. The third kappa shape index (κ3) is 0.823. The second-order valence-corrected chi connectivity index (χ2v) is 4.92. The highest BCUT2D eigenvalue weighted by molar-refractivity contribution is 6.22. The fourth-order valence-corrected chi connectivity index (χ4v) is 3.17. The van der Waals surface area contributed by atoms with Crippen molar-refractivity contribution in [2.24, 2.45) is 0 Å². The number of rotatable bonds is 0. The molecule has 1 aromatic carbocycles. The van der Waals surface area contributed by atoms with Gasteiger partial charge < -0.3 is 4.74 Å². The molecule has 0 amide bonds. The monoisotopic (exact) mass is 212 g/mol. The van der Waals surface area contributed by atoms with E-state index in [0.29, 0.717) is 0 Å². The molecule has 16 heavy (non-hydrogen) atoms. The molecule has 0 atom stereocenters. The quantitative estimate of drug-likeness (QED) is 0.617. The molecule has 1 spiro atoms. The minimum absolute atomic E-state index is 0.0975. The number of hydrogen-bond donors (Lipinski definition) is 0. The minimum atomic E-state index is -0.203. The first-order valence-corrected chi connectivity index (χ1v) is 5.85. The lowest BCUT2D eigenvalue weighted by atomic mass is 9.74. The Labute approximate surface area is 93.9 Å². The Kier molecular flexibility index (Phi) is 1.37. The zero-order valence-corrected chi connectivity index (χ0v) is 8.95. The van der Waals surface area contributed by atoms with Crippen molar-refractivity contribution >= 4 is 11.5 Å². The predicted octanol–water partition coefficient (Wildman–Crippen LogP) is 2.48. The summed E-state index contributed by atoms with van der Waals surface area (Å²) in [5.41, 5.74) is 4.31. The van der Waals surface area contributed by atoms with E-state index < -0.39 is 0 Å². The van der Waals surface area contributed by atoms with Crippen LogP contribution in [0.25, 0.3) is 5.57 Å². The van der Waals surface area contributed by atoms with Gasteiger partial charge in [0.2, 0.25) is 0 Å². The fourth-order valence-electron chi connectivity index (χ4n) is 3.17. The van der Waals surface area contributed by atoms with Crippen LogP contribution in [0.3, 0.4) is 0 Å². The number of esters is 1. The van der Waals surface area contributed by atoms with Crippen LogP contribution in [0.15, 0.2) is 29.8 Å². The van der Waals surface area contributed by atoms with E-state index >= 15 is 0 Å². The van der Waals surface area contributed by atoms with Gasteiger partial charge in [-0.05, 0) is 42.4 Å². The van der Waals surface area contributed by atoms with E-state index in [0.717, 1.165) is 30.4 Å². The van der Waals surface area contributed by atoms with Crippen LogP contribution in [0.5, 0.6) is 0 Å². The number of carbonyl (C=O) groups is 1. The van der Waals surface area contributed by atoms with Crippen LogP contribution in [0.4, 0.5) is 0 Å². The van der Waals surface area contributed by atoms with Gasteiger partial charge in [-0.25, -0.2) is 4.79 Å². The highest BCUT2D eigenvalue weighted by Crippen LogP contribution is 2.53. The first-order valence-electron chi connectivity index (χ1n) is 5.85. The number of carbonyl (C=O) groups excluding carboxylic acids is 1. The summed E-state index contributed by atoms with van der Waals surface area (Å²) < 4.78 is 5.60. The van der Waals surface area contributed by atoms with Crippen molar-refractivity contribution in [3.63, 3.8) is 0 Å². The third-order valence-electron chi connectivity index (χ3n) is 4.16. The summed E-state index contributed by atoms with van der Waals surface area (Å²) in [7, 11) is 0. The van der Waals surface area contributed by atoms with Gasteiger partial charge in [-0.15, -0.1) is 0 Å². The highest BCUT2D eigenvalue weighted by Gasteiger charge is 2.53. The maximum absolute atomic E-state index is 11.9. The maximum atomic E-state index is 11.9. The molecule has 2 heteroatoms. The molecule has 80 valence electrons. The van der Waals surface area contributed by atoms with Crippen molar-refractivity contribution in [1.82, 2.24) is 0 Å². The second-order valence-electron chi connectivity index (χ2n) is 4.92. The number of benzene rings is 1. The summed E-state index contributed by atoms with van der Waals surface area (Å²) in [6.45, 7) is 0. The summed E-state index contributed by atoms with van der Waals surface area (Å²) in [6, 6.07) is 8.19. The molecule has 0 aromatic heterocycles. The van der Waals surface area contributed by atoms with Crippen molar-refractivity contribution in [2.75, 3.05) is 0 Å². The lowest BCUT2D eigenvalue weighted by Crippen LogP contribution is -2.40. The van der Waals surface area contributed by atoms with Gasteiger partial charge in [-0.1, -0.05) is 24.3 Å². The molecule has 0 bridgehead atoms. The molecule has 0 saturated heterocycles. The molecule has 3 aliphatic rings. The molecule has 1 fully saturated rings. The van der Waals surface area contributed by atoms with Crippen LogP contribution < -0.4 is 0 Å². The van der Waals surface area contributed by atoms with E-state index in [2.05, 4.69) is 6.07 Å². The Morgan fingerprint density at radius 1 is 1.19 bits per heavy atom. The van der Waals surface area contributed by atoms with Crippen LogP contribution in [-0.4, -0.2) is 11.6 Å². The molecular weight excluding hydrogens is 200 g/mol. The van der Waals surface area contributed by atoms with Gasteiger partial charge >= 0.3 is 5.97 Å². The van der Waals surface area contributed by atoms with Gasteiger partial charge in [-0.3, -0.25) is 0 Å². The smallest absolute Gasteiger partial charge is 0.339 e. The van der Waals surface area contributed by atoms with Crippen molar-refractivity contribution in [1.29, 1.82) is 0 Å². The van der Waals surface area contributed by atoms with E-state index in [4.69, 9.17) is 4.74 Å². The van der Waals surface area contributed by atoms with Gasteiger partial charge in [0.05, 0.1) is 5.57 Å². The normalized spacial score (nSPS) is 24.1. The predicted molar refractivity (Wildman–Crippen MR) is 59.7 cm³/mol. The Morgan fingerprint density at radius 3 is 2.75 bits per heavy atom. The van der Waals surface area contributed by atoms with E-state index in [-0.39, 0.29) is 11.6 Å². The summed E-state index contributed by atoms with van der Waals surface area (Å²) in [5, 5.41) is 0. The molecule has 0 N–H and O–H groups in total.